The molecule has 90 valence electrons. The summed E-state index contributed by atoms with van der Waals surface area (Å²) in [5.41, 5.74) is 0.349. The highest BCUT2D eigenvalue weighted by Crippen LogP contribution is 2.05. The first-order valence-electron chi connectivity index (χ1n) is 5.69. The van der Waals surface area contributed by atoms with Crippen molar-refractivity contribution < 1.29 is 14.7 Å². The molecule has 0 aliphatic carbocycles. The molecule has 0 fully saturated rings. The normalized spacial score (nSPS) is 11.9. The van der Waals surface area contributed by atoms with Crippen LogP contribution in [0.25, 0.3) is 0 Å². The number of carboxylic acid groups (broad SMARTS) is 1. The van der Waals surface area contributed by atoms with Gasteiger partial charge in [0, 0.05) is 12.0 Å². The molecular formula is C13H20O3. The fourth-order valence-corrected chi connectivity index (χ4v) is 1.22. The molecule has 0 bridgehead atoms. The van der Waals surface area contributed by atoms with Gasteiger partial charge in [0.1, 0.15) is 6.29 Å². The predicted octanol–water partition coefficient (Wildman–Crippen LogP) is 3.11. The number of aliphatic carboxylic acids is 1. The topological polar surface area (TPSA) is 54.4 Å². The van der Waals surface area contributed by atoms with Crippen molar-refractivity contribution in [3.8, 4) is 0 Å². The van der Waals surface area contributed by atoms with Crippen LogP contribution in [0.3, 0.4) is 0 Å². The number of allylic oxidation sites excluding steroid dienone is 3. The van der Waals surface area contributed by atoms with Crippen LogP contribution in [0.5, 0.6) is 0 Å². The molecule has 0 aromatic heterocycles. The zero-order valence-electron chi connectivity index (χ0n) is 9.82. The average molecular weight is 224 g/mol. The van der Waals surface area contributed by atoms with Crippen LogP contribution in [0.2, 0.25) is 0 Å². The molecule has 0 amide bonds. The van der Waals surface area contributed by atoms with Gasteiger partial charge >= 0.3 is 5.97 Å². The Morgan fingerprint density at radius 1 is 1.12 bits per heavy atom. The second-order valence-electron chi connectivity index (χ2n) is 3.74. The summed E-state index contributed by atoms with van der Waals surface area (Å²) in [6.45, 7) is 1.58. The summed E-state index contributed by atoms with van der Waals surface area (Å²) >= 11 is 0. The Kier molecular flexibility index (Phi) is 9.27. The summed E-state index contributed by atoms with van der Waals surface area (Å²) in [7, 11) is 0. The van der Waals surface area contributed by atoms with Gasteiger partial charge in [-0.25, -0.2) is 4.79 Å². The fraction of sp³-hybridized carbons (Fsp3) is 0.538. The first-order valence-corrected chi connectivity index (χ1v) is 5.69. The Labute approximate surface area is 96.9 Å². The van der Waals surface area contributed by atoms with Crippen molar-refractivity contribution in [3.05, 3.63) is 23.8 Å². The first-order chi connectivity index (χ1) is 7.68. The van der Waals surface area contributed by atoms with Crippen LogP contribution in [0.1, 0.15) is 45.4 Å². The third-order valence-corrected chi connectivity index (χ3v) is 2.26. The summed E-state index contributed by atoms with van der Waals surface area (Å²) in [6.07, 6.45) is 12.2. The number of aldehydes is 1. The molecule has 1 N–H and O–H groups in total. The number of unbranched alkanes of at least 4 members (excludes halogenated alkanes) is 5. The van der Waals surface area contributed by atoms with Crippen LogP contribution in [0.15, 0.2) is 23.8 Å². The van der Waals surface area contributed by atoms with E-state index in [-0.39, 0.29) is 0 Å². The minimum atomic E-state index is -0.876. The van der Waals surface area contributed by atoms with Crippen LogP contribution in [-0.2, 0) is 9.59 Å². The summed E-state index contributed by atoms with van der Waals surface area (Å²) in [6, 6.07) is 0. The van der Waals surface area contributed by atoms with Crippen molar-refractivity contribution in [1.29, 1.82) is 0 Å². The SMILES string of the molecule is CC(=CC=CCCCCCCC=O)C(=O)O. The Hall–Kier alpha value is -1.38. The van der Waals surface area contributed by atoms with E-state index in [9.17, 15) is 9.59 Å². The van der Waals surface area contributed by atoms with E-state index < -0.39 is 5.97 Å². The number of carbonyl (C=O) groups is 2. The van der Waals surface area contributed by atoms with E-state index in [0.29, 0.717) is 12.0 Å². The van der Waals surface area contributed by atoms with Crippen molar-refractivity contribution in [2.75, 3.05) is 0 Å². The van der Waals surface area contributed by atoms with Crippen LogP contribution in [0.4, 0.5) is 0 Å². The monoisotopic (exact) mass is 224 g/mol. The number of rotatable bonds is 9. The molecule has 0 unspecified atom stereocenters. The Morgan fingerprint density at radius 2 is 1.75 bits per heavy atom. The average Bonchev–Trinajstić information content (AvgIpc) is 2.26. The maximum atomic E-state index is 10.4. The molecule has 0 atom stereocenters. The Balaban J connectivity index is 3.44. The number of carboxylic acids is 1. The summed E-state index contributed by atoms with van der Waals surface area (Å²) in [5, 5.41) is 8.57. The second kappa shape index (κ2) is 10.1. The van der Waals surface area contributed by atoms with Gasteiger partial charge < -0.3 is 9.90 Å². The Morgan fingerprint density at radius 3 is 2.31 bits per heavy atom. The van der Waals surface area contributed by atoms with E-state index in [1.54, 1.807) is 19.1 Å². The molecule has 0 radical (unpaired) electrons. The highest BCUT2D eigenvalue weighted by atomic mass is 16.4. The smallest absolute Gasteiger partial charge is 0.331 e. The summed E-state index contributed by atoms with van der Waals surface area (Å²) < 4.78 is 0. The van der Waals surface area contributed by atoms with Crippen LogP contribution < -0.4 is 0 Å². The lowest BCUT2D eigenvalue weighted by Crippen LogP contribution is -1.94. The lowest BCUT2D eigenvalue weighted by atomic mass is 10.1. The first kappa shape index (κ1) is 14.6. The predicted molar refractivity (Wildman–Crippen MR) is 64.3 cm³/mol. The van der Waals surface area contributed by atoms with Crippen molar-refractivity contribution >= 4 is 12.3 Å². The Bertz CT molecular complexity index is 264. The number of hydrogen-bond acceptors (Lipinski definition) is 2. The standard InChI is InChI=1S/C13H20O3/c1-12(13(15)16)10-8-6-4-2-3-5-7-9-11-14/h6,8,10-11H,2-5,7,9H2,1H3,(H,15,16). The molecule has 3 nitrogen and oxygen atoms in total. The zero-order valence-corrected chi connectivity index (χ0v) is 9.82. The molecular weight excluding hydrogens is 204 g/mol. The van der Waals surface area contributed by atoms with E-state index in [1.807, 2.05) is 6.08 Å². The van der Waals surface area contributed by atoms with Gasteiger partial charge in [0.05, 0.1) is 0 Å². The second-order valence-corrected chi connectivity index (χ2v) is 3.74. The quantitative estimate of drug-likeness (QED) is 0.283. The highest BCUT2D eigenvalue weighted by Gasteiger charge is 1.95. The number of carbonyl (C=O) groups excluding carboxylic acids is 1. The molecule has 0 saturated heterocycles. The van der Waals surface area contributed by atoms with Gasteiger partial charge in [-0.2, -0.15) is 0 Å². The third kappa shape index (κ3) is 9.19. The van der Waals surface area contributed by atoms with Gasteiger partial charge in [0.2, 0.25) is 0 Å². The van der Waals surface area contributed by atoms with Crippen molar-refractivity contribution in [2.45, 2.75) is 45.4 Å². The minimum Gasteiger partial charge on any atom is -0.478 e. The highest BCUT2D eigenvalue weighted by molar-refractivity contribution is 5.86. The molecule has 16 heavy (non-hydrogen) atoms. The molecule has 0 rings (SSSR count). The van der Waals surface area contributed by atoms with Gasteiger partial charge in [-0.1, -0.05) is 31.1 Å². The van der Waals surface area contributed by atoms with E-state index in [2.05, 4.69) is 0 Å². The lowest BCUT2D eigenvalue weighted by Gasteiger charge is -1.95. The van der Waals surface area contributed by atoms with Gasteiger partial charge in [-0.3, -0.25) is 0 Å². The van der Waals surface area contributed by atoms with Gasteiger partial charge in [0.25, 0.3) is 0 Å². The fourth-order valence-electron chi connectivity index (χ4n) is 1.22. The van der Waals surface area contributed by atoms with Gasteiger partial charge in [0.15, 0.2) is 0 Å². The van der Waals surface area contributed by atoms with Crippen LogP contribution in [-0.4, -0.2) is 17.4 Å². The molecule has 0 spiro atoms. The van der Waals surface area contributed by atoms with Crippen molar-refractivity contribution in [1.82, 2.24) is 0 Å². The molecule has 0 aliphatic rings. The van der Waals surface area contributed by atoms with E-state index in [0.717, 1.165) is 38.4 Å². The molecule has 0 aromatic rings. The van der Waals surface area contributed by atoms with Crippen LogP contribution in [0, 0.1) is 0 Å². The zero-order chi connectivity index (χ0) is 12.2. The lowest BCUT2D eigenvalue weighted by molar-refractivity contribution is -0.132. The summed E-state index contributed by atoms with van der Waals surface area (Å²) in [5.74, 6) is -0.876. The number of hydrogen-bond donors (Lipinski definition) is 1. The molecule has 0 heterocycles. The van der Waals surface area contributed by atoms with Gasteiger partial charge in [-0.15, -0.1) is 0 Å². The van der Waals surface area contributed by atoms with Crippen molar-refractivity contribution in [2.24, 2.45) is 0 Å². The van der Waals surface area contributed by atoms with Crippen molar-refractivity contribution in [3.63, 3.8) is 0 Å². The summed E-state index contributed by atoms with van der Waals surface area (Å²) in [4.78, 5) is 20.5. The van der Waals surface area contributed by atoms with Gasteiger partial charge in [-0.05, 0) is 26.2 Å². The maximum absolute atomic E-state index is 10.4. The van der Waals surface area contributed by atoms with E-state index in [4.69, 9.17) is 5.11 Å². The molecule has 3 heteroatoms. The molecule has 0 aromatic carbocycles. The maximum Gasteiger partial charge on any atom is 0.331 e. The minimum absolute atomic E-state index is 0.349. The van der Waals surface area contributed by atoms with E-state index >= 15 is 0 Å². The van der Waals surface area contributed by atoms with Crippen LogP contribution >= 0.6 is 0 Å². The van der Waals surface area contributed by atoms with E-state index in [1.165, 1.54) is 0 Å². The molecule has 0 saturated carbocycles. The largest absolute Gasteiger partial charge is 0.478 e. The third-order valence-electron chi connectivity index (χ3n) is 2.26. The molecule has 0 aliphatic heterocycles.